The van der Waals surface area contributed by atoms with E-state index in [1.165, 1.54) is 12.3 Å². The van der Waals surface area contributed by atoms with Crippen LogP contribution in [-0.4, -0.2) is 14.5 Å². The number of halogens is 1. The van der Waals surface area contributed by atoms with Crippen LogP contribution in [0.25, 0.3) is 17.2 Å². The van der Waals surface area contributed by atoms with Crippen molar-refractivity contribution in [1.29, 1.82) is 0 Å². The fourth-order valence-corrected chi connectivity index (χ4v) is 1.84. The van der Waals surface area contributed by atoms with Crippen molar-refractivity contribution in [3.05, 3.63) is 60.8 Å². The maximum absolute atomic E-state index is 12.9. The molecule has 3 rings (SSSR count). The molecule has 0 aliphatic rings. The molecule has 1 aromatic carbocycles. The third kappa shape index (κ3) is 2.18. The number of hydrogen-bond donors (Lipinski definition) is 1. The van der Waals surface area contributed by atoms with Crippen LogP contribution in [0.3, 0.4) is 0 Å². The van der Waals surface area contributed by atoms with Crippen molar-refractivity contribution in [2.24, 2.45) is 0 Å². The van der Waals surface area contributed by atoms with Gasteiger partial charge in [0.05, 0.1) is 6.20 Å². The molecule has 0 bridgehead atoms. The molecule has 0 radical (unpaired) electrons. The molecule has 3 aromatic rings. The topological polar surface area (TPSA) is 56.7 Å². The van der Waals surface area contributed by atoms with Crippen molar-refractivity contribution < 1.29 is 4.39 Å². The highest BCUT2D eigenvalue weighted by molar-refractivity contribution is 5.60. The van der Waals surface area contributed by atoms with Gasteiger partial charge in [0.2, 0.25) is 0 Å². The Labute approximate surface area is 109 Å². The molecule has 19 heavy (non-hydrogen) atoms. The number of aromatic nitrogens is 3. The smallest absolute Gasteiger partial charge is 0.145 e. The summed E-state index contributed by atoms with van der Waals surface area (Å²) in [6.07, 6.45) is 4.64. The Kier molecular flexibility index (Phi) is 2.72. The van der Waals surface area contributed by atoms with E-state index in [1.54, 1.807) is 23.0 Å². The van der Waals surface area contributed by atoms with Crippen LogP contribution in [0.4, 0.5) is 10.1 Å². The highest BCUT2D eigenvalue weighted by Crippen LogP contribution is 2.21. The summed E-state index contributed by atoms with van der Waals surface area (Å²) in [6, 6.07) is 10.4. The van der Waals surface area contributed by atoms with Gasteiger partial charge in [-0.1, -0.05) is 0 Å². The summed E-state index contributed by atoms with van der Waals surface area (Å²) in [6.45, 7) is 0. The van der Waals surface area contributed by atoms with Gasteiger partial charge in [-0.3, -0.25) is 4.57 Å². The van der Waals surface area contributed by atoms with Crippen LogP contribution >= 0.6 is 0 Å². The molecule has 2 N–H and O–H groups in total. The molecule has 0 saturated heterocycles. The Hall–Kier alpha value is -2.69. The molecule has 0 unspecified atom stereocenters. The molecular weight excluding hydrogens is 243 g/mol. The van der Waals surface area contributed by atoms with E-state index in [0.717, 1.165) is 11.4 Å². The predicted molar refractivity (Wildman–Crippen MR) is 71.2 cm³/mol. The first-order chi connectivity index (χ1) is 9.24. The van der Waals surface area contributed by atoms with Crippen LogP contribution in [0.15, 0.2) is 55.0 Å². The Morgan fingerprint density at radius 2 is 1.79 bits per heavy atom. The predicted octanol–water partition coefficient (Wildman–Crippen LogP) is 2.66. The normalized spacial score (nSPS) is 10.6. The van der Waals surface area contributed by atoms with Crippen LogP contribution in [-0.2, 0) is 0 Å². The fraction of sp³-hybridized carbons (Fsp3) is 0. The Morgan fingerprint density at radius 3 is 2.47 bits per heavy atom. The molecule has 0 fully saturated rings. The maximum atomic E-state index is 12.9. The van der Waals surface area contributed by atoms with Crippen molar-refractivity contribution in [2.75, 3.05) is 5.73 Å². The van der Waals surface area contributed by atoms with Gasteiger partial charge in [-0.25, -0.2) is 14.4 Å². The first kappa shape index (κ1) is 11.4. The largest absolute Gasteiger partial charge is 0.399 e. The lowest BCUT2D eigenvalue weighted by atomic mass is 10.2. The van der Waals surface area contributed by atoms with E-state index in [-0.39, 0.29) is 5.82 Å². The third-order valence-electron chi connectivity index (χ3n) is 2.77. The van der Waals surface area contributed by atoms with E-state index >= 15 is 0 Å². The zero-order valence-corrected chi connectivity index (χ0v) is 9.99. The monoisotopic (exact) mass is 254 g/mol. The van der Waals surface area contributed by atoms with E-state index in [4.69, 9.17) is 5.73 Å². The van der Waals surface area contributed by atoms with Gasteiger partial charge in [0, 0.05) is 23.6 Å². The highest BCUT2D eigenvalue weighted by Gasteiger charge is 2.08. The van der Waals surface area contributed by atoms with Crippen LogP contribution in [0, 0.1) is 5.82 Å². The molecule has 0 saturated carbocycles. The second-order valence-corrected chi connectivity index (χ2v) is 4.08. The Morgan fingerprint density at radius 1 is 1.00 bits per heavy atom. The number of nitrogens with zero attached hydrogens (tertiary/aromatic N) is 3. The number of rotatable bonds is 2. The minimum atomic E-state index is -0.363. The molecule has 94 valence electrons. The SMILES string of the molecule is Nc1ccc(-c2nccn2-c2ccc(F)cn2)cc1. The number of anilines is 1. The average Bonchev–Trinajstić information content (AvgIpc) is 2.90. The molecule has 0 aliphatic carbocycles. The van der Waals surface area contributed by atoms with Crippen LogP contribution in [0.2, 0.25) is 0 Å². The molecule has 0 spiro atoms. The lowest BCUT2D eigenvalue weighted by molar-refractivity contribution is 0.620. The third-order valence-corrected chi connectivity index (χ3v) is 2.77. The molecule has 0 atom stereocenters. The van der Waals surface area contributed by atoms with E-state index in [2.05, 4.69) is 9.97 Å². The average molecular weight is 254 g/mol. The highest BCUT2D eigenvalue weighted by atomic mass is 19.1. The minimum absolute atomic E-state index is 0.363. The number of imidazole rings is 1. The summed E-state index contributed by atoms with van der Waals surface area (Å²) in [7, 11) is 0. The number of hydrogen-bond acceptors (Lipinski definition) is 3. The fourth-order valence-electron chi connectivity index (χ4n) is 1.84. The summed E-state index contributed by atoms with van der Waals surface area (Å²) in [5, 5.41) is 0. The molecule has 2 heterocycles. The van der Waals surface area contributed by atoms with Gasteiger partial charge >= 0.3 is 0 Å². The summed E-state index contributed by atoms with van der Waals surface area (Å²) >= 11 is 0. The van der Waals surface area contributed by atoms with Gasteiger partial charge in [-0.15, -0.1) is 0 Å². The molecule has 4 nitrogen and oxygen atoms in total. The van der Waals surface area contributed by atoms with Gasteiger partial charge < -0.3 is 5.73 Å². The summed E-state index contributed by atoms with van der Waals surface area (Å²) in [5.74, 6) is 0.989. The Balaban J connectivity index is 2.07. The van der Waals surface area contributed by atoms with E-state index in [0.29, 0.717) is 11.5 Å². The molecular formula is C14H11FN4. The van der Waals surface area contributed by atoms with Gasteiger partial charge in [-0.05, 0) is 36.4 Å². The van der Waals surface area contributed by atoms with Gasteiger partial charge in [0.15, 0.2) is 0 Å². The second-order valence-electron chi connectivity index (χ2n) is 4.08. The maximum Gasteiger partial charge on any atom is 0.145 e. The summed E-state index contributed by atoms with van der Waals surface area (Å²) in [4.78, 5) is 8.35. The van der Waals surface area contributed by atoms with Crippen molar-refractivity contribution in [2.45, 2.75) is 0 Å². The van der Waals surface area contributed by atoms with Crippen molar-refractivity contribution in [1.82, 2.24) is 14.5 Å². The number of nitrogens with two attached hydrogens (primary N) is 1. The van der Waals surface area contributed by atoms with Crippen LogP contribution in [0.5, 0.6) is 0 Å². The standard InChI is InChI=1S/C14H11FN4/c15-11-3-6-13(18-9-11)19-8-7-17-14(19)10-1-4-12(16)5-2-10/h1-9H,16H2. The van der Waals surface area contributed by atoms with E-state index < -0.39 is 0 Å². The summed E-state index contributed by atoms with van der Waals surface area (Å²) in [5.41, 5.74) is 7.28. The van der Waals surface area contributed by atoms with Crippen molar-refractivity contribution in [3.63, 3.8) is 0 Å². The molecule has 5 heteroatoms. The lowest BCUT2D eigenvalue weighted by Crippen LogP contribution is -1.99. The lowest BCUT2D eigenvalue weighted by Gasteiger charge is -2.07. The first-order valence-corrected chi connectivity index (χ1v) is 5.75. The van der Waals surface area contributed by atoms with Crippen molar-refractivity contribution in [3.8, 4) is 17.2 Å². The summed E-state index contributed by atoms with van der Waals surface area (Å²) < 4.78 is 14.7. The van der Waals surface area contributed by atoms with E-state index in [9.17, 15) is 4.39 Å². The minimum Gasteiger partial charge on any atom is -0.399 e. The molecule has 2 aromatic heterocycles. The zero-order chi connectivity index (χ0) is 13.2. The van der Waals surface area contributed by atoms with Crippen molar-refractivity contribution >= 4 is 5.69 Å². The van der Waals surface area contributed by atoms with Gasteiger partial charge in [0.1, 0.15) is 17.5 Å². The van der Waals surface area contributed by atoms with Crippen LogP contribution < -0.4 is 5.73 Å². The quantitative estimate of drug-likeness (QED) is 0.715. The molecule has 0 aliphatic heterocycles. The van der Waals surface area contributed by atoms with Gasteiger partial charge in [0.25, 0.3) is 0 Å². The number of pyridine rings is 1. The Bertz CT molecular complexity index is 626. The number of benzene rings is 1. The zero-order valence-electron chi connectivity index (χ0n) is 9.99. The van der Waals surface area contributed by atoms with E-state index in [1.807, 2.05) is 24.3 Å². The van der Waals surface area contributed by atoms with Crippen LogP contribution in [0.1, 0.15) is 0 Å². The second kappa shape index (κ2) is 4.53. The molecule has 0 amide bonds. The first-order valence-electron chi connectivity index (χ1n) is 5.75. The number of nitrogen functional groups attached to an aromatic ring is 1. The van der Waals surface area contributed by atoms with Gasteiger partial charge in [-0.2, -0.15) is 0 Å².